The molecule has 0 amide bonds. The molecule has 1 aromatic carbocycles. The Morgan fingerprint density at radius 2 is 2.27 bits per heavy atom. The Balaban J connectivity index is 2.33. The lowest BCUT2D eigenvalue weighted by Gasteiger charge is -2.01. The van der Waals surface area contributed by atoms with Gasteiger partial charge in [-0.3, -0.25) is 4.79 Å². The highest BCUT2D eigenvalue weighted by Gasteiger charge is 2.02. The Bertz CT molecular complexity index is 325. The van der Waals surface area contributed by atoms with Crippen LogP contribution in [0.25, 0.3) is 0 Å². The van der Waals surface area contributed by atoms with Crippen LogP contribution in [0.15, 0.2) is 29.2 Å². The molecular weight excluding hydrogens is 228 g/mol. The van der Waals surface area contributed by atoms with Gasteiger partial charge in [0.2, 0.25) is 0 Å². The molecule has 1 nitrogen and oxygen atoms in total. The summed E-state index contributed by atoms with van der Waals surface area (Å²) in [5, 5.41) is 0.723. The van der Waals surface area contributed by atoms with Crippen molar-refractivity contribution in [2.75, 3.05) is 5.75 Å². The van der Waals surface area contributed by atoms with E-state index in [9.17, 15) is 4.79 Å². The third kappa shape index (κ3) is 5.24. The third-order valence-corrected chi connectivity index (χ3v) is 3.29. The lowest BCUT2D eigenvalue weighted by atomic mass is 10.2. The number of hydrogen-bond donors (Lipinski definition) is 0. The summed E-state index contributed by atoms with van der Waals surface area (Å²) in [6.45, 7) is 2.09. The number of carbonyl (C=O) groups excluding carboxylic acids is 1. The molecular formula is C12H15ClOS. The van der Waals surface area contributed by atoms with Gasteiger partial charge in [0.05, 0.1) is 5.75 Å². The van der Waals surface area contributed by atoms with Crippen molar-refractivity contribution in [1.29, 1.82) is 0 Å². The summed E-state index contributed by atoms with van der Waals surface area (Å²) < 4.78 is 0. The summed E-state index contributed by atoms with van der Waals surface area (Å²) in [5.41, 5.74) is 0. The summed E-state index contributed by atoms with van der Waals surface area (Å²) in [5.74, 6) is 0.877. The van der Waals surface area contributed by atoms with Gasteiger partial charge in [-0.15, -0.1) is 11.8 Å². The van der Waals surface area contributed by atoms with Gasteiger partial charge >= 0.3 is 0 Å². The van der Waals surface area contributed by atoms with E-state index < -0.39 is 0 Å². The van der Waals surface area contributed by atoms with E-state index in [-0.39, 0.29) is 0 Å². The van der Waals surface area contributed by atoms with E-state index in [1.54, 1.807) is 11.8 Å². The highest BCUT2D eigenvalue weighted by molar-refractivity contribution is 8.00. The van der Waals surface area contributed by atoms with Gasteiger partial charge in [0.15, 0.2) is 0 Å². The number of Topliss-reactive ketones (excluding diaryl/α,β-unsaturated/α-hetero) is 1. The minimum atomic E-state index is 0.321. The van der Waals surface area contributed by atoms with Gasteiger partial charge in [-0.05, 0) is 24.6 Å². The second-order valence-corrected chi connectivity index (χ2v) is 4.87. The topological polar surface area (TPSA) is 17.1 Å². The molecule has 0 saturated carbocycles. The quantitative estimate of drug-likeness (QED) is 0.696. The number of ketones is 1. The summed E-state index contributed by atoms with van der Waals surface area (Å²) >= 11 is 7.40. The minimum Gasteiger partial charge on any atom is -0.299 e. The largest absolute Gasteiger partial charge is 0.299 e. The van der Waals surface area contributed by atoms with Gasteiger partial charge in [-0.2, -0.15) is 0 Å². The molecule has 0 unspecified atom stereocenters. The minimum absolute atomic E-state index is 0.321. The first-order chi connectivity index (χ1) is 7.22. The second-order valence-electron chi connectivity index (χ2n) is 3.39. The Kier molecular flexibility index (Phi) is 5.81. The summed E-state index contributed by atoms with van der Waals surface area (Å²) in [4.78, 5) is 12.5. The molecule has 0 aliphatic carbocycles. The zero-order valence-electron chi connectivity index (χ0n) is 8.83. The second kappa shape index (κ2) is 6.91. The molecule has 0 spiro atoms. The molecule has 0 saturated heterocycles. The number of hydrogen-bond acceptors (Lipinski definition) is 2. The molecule has 0 aliphatic rings. The van der Waals surface area contributed by atoms with Gasteiger partial charge < -0.3 is 0 Å². The first-order valence-electron chi connectivity index (χ1n) is 5.12. The van der Waals surface area contributed by atoms with Gasteiger partial charge in [0, 0.05) is 16.3 Å². The predicted octanol–water partition coefficient (Wildman–Crippen LogP) is 4.19. The summed E-state index contributed by atoms with van der Waals surface area (Å²) in [6, 6.07) is 7.61. The molecule has 0 aliphatic heterocycles. The monoisotopic (exact) mass is 242 g/mol. The zero-order valence-corrected chi connectivity index (χ0v) is 10.4. The van der Waals surface area contributed by atoms with Crippen LogP contribution in [0.1, 0.15) is 26.2 Å². The lowest BCUT2D eigenvalue weighted by Crippen LogP contribution is -2.00. The molecule has 1 rings (SSSR count). The SMILES string of the molecule is CCCCC(=O)CSc1cccc(Cl)c1. The van der Waals surface area contributed by atoms with Crippen LogP contribution in [-0.2, 0) is 4.79 Å². The maximum absolute atomic E-state index is 11.4. The van der Waals surface area contributed by atoms with Crippen LogP contribution in [0.5, 0.6) is 0 Å². The van der Waals surface area contributed by atoms with Gasteiger partial charge in [0.1, 0.15) is 5.78 Å². The van der Waals surface area contributed by atoms with Crippen molar-refractivity contribution >= 4 is 29.1 Å². The molecule has 82 valence electrons. The smallest absolute Gasteiger partial charge is 0.143 e. The zero-order chi connectivity index (χ0) is 11.1. The Hall–Kier alpha value is -0.470. The third-order valence-electron chi connectivity index (χ3n) is 2.01. The molecule has 0 bridgehead atoms. The van der Waals surface area contributed by atoms with Crippen LogP contribution in [0, 0.1) is 0 Å². The number of rotatable bonds is 6. The molecule has 1 aromatic rings. The number of benzene rings is 1. The van der Waals surface area contributed by atoms with E-state index in [0.29, 0.717) is 18.0 Å². The first kappa shape index (κ1) is 12.6. The van der Waals surface area contributed by atoms with Crippen LogP contribution < -0.4 is 0 Å². The molecule has 15 heavy (non-hydrogen) atoms. The van der Waals surface area contributed by atoms with Crippen molar-refractivity contribution in [2.45, 2.75) is 31.1 Å². The van der Waals surface area contributed by atoms with E-state index in [4.69, 9.17) is 11.6 Å². The lowest BCUT2D eigenvalue weighted by molar-refractivity contribution is -0.116. The van der Waals surface area contributed by atoms with Crippen molar-refractivity contribution in [2.24, 2.45) is 0 Å². The van der Waals surface area contributed by atoms with E-state index in [1.807, 2.05) is 24.3 Å². The van der Waals surface area contributed by atoms with Crippen molar-refractivity contribution < 1.29 is 4.79 Å². The maximum atomic E-state index is 11.4. The number of carbonyl (C=O) groups is 1. The summed E-state index contributed by atoms with van der Waals surface area (Å²) in [6.07, 6.45) is 2.77. The molecule has 0 radical (unpaired) electrons. The molecule has 0 fully saturated rings. The average Bonchev–Trinajstić information content (AvgIpc) is 2.23. The number of unbranched alkanes of at least 4 members (excludes halogenated alkanes) is 1. The molecule has 0 aromatic heterocycles. The van der Waals surface area contributed by atoms with Crippen LogP contribution >= 0.6 is 23.4 Å². The fourth-order valence-corrected chi connectivity index (χ4v) is 2.28. The number of thioether (sulfide) groups is 1. The standard InChI is InChI=1S/C12H15ClOS/c1-2-3-6-11(14)9-15-12-7-4-5-10(13)8-12/h4-5,7-8H,2-3,6,9H2,1H3. The van der Waals surface area contributed by atoms with E-state index >= 15 is 0 Å². The normalized spacial score (nSPS) is 10.3. The highest BCUT2D eigenvalue weighted by atomic mass is 35.5. The van der Waals surface area contributed by atoms with E-state index in [2.05, 4.69) is 6.92 Å². The Labute approximate surface area is 100 Å². The predicted molar refractivity (Wildman–Crippen MR) is 66.7 cm³/mol. The van der Waals surface area contributed by atoms with Crippen LogP contribution in [0.3, 0.4) is 0 Å². The average molecular weight is 243 g/mol. The first-order valence-corrected chi connectivity index (χ1v) is 6.49. The van der Waals surface area contributed by atoms with Crippen LogP contribution in [0.4, 0.5) is 0 Å². The summed E-state index contributed by atoms with van der Waals surface area (Å²) in [7, 11) is 0. The fraction of sp³-hybridized carbons (Fsp3) is 0.417. The van der Waals surface area contributed by atoms with E-state index in [0.717, 1.165) is 22.8 Å². The van der Waals surface area contributed by atoms with Crippen LogP contribution in [0.2, 0.25) is 5.02 Å². The Morgan fingerprint density at radius 3 is 2.93 bits per heavy atom. The maximum Gasteiger partial charge on any atom is 0.143 e. The van der Waals surface area contributed by atoms with Gasteiger partial charge in [-0.25, -0.2) is 0 Å². The highest BCUT2D eigenvalue weighted by Crippen LogP contribution is 2.21. The van der Waals surface area contributed by atoms with Gasteiger partial charge in [0.25, 0.3) is 0 Å². The van der Waals surface area contributed by atoms with Crippen molar-refractivity contribution in [3.63, 3.8) is 0 Å². The van der Waals surface area contributed by atoms with Gasteiger partial charge in [-0.1, -0.05) is 31.0 Å². The molecule has 0 atom stereocenters. The Morgan fingerprint density at radius 1 is 1.47 bits per heavy atom. The number of halogens is 1. The van der Waals surface area contributed by atoms with E-state index in [1.165, 1.54) is 0 Å². The van der Waals surface area contributed by atoms with Crippen molar-refractivity contribution in [3.8, 4) is 0 Å². The van der Waals surface area contributed by atoms with Crippen molar-refractivity contribution in [3.05, 3.63) is 29.3 Å². The molecule has 3 heteroatoms. The van der Waals surface area contributed by atoms with Crippen LogP contribution in [-0.4, -0.2) is 11.5 Å². The fourth-order valence-electron chi connectivity index (χ4n) is 1.17. The molecule has 0 N–H and O–H groups in total. The van der Waals surface area contributed by atoms with Crippen molar-refractivity contribution in [1.82, 2.24) is 0 Å². The molecule has 0 heterocycles.